The highest BCUT2D eigenvalue weighted by molar-refractivity contribution is 5.63. The molecule has 62 valence electrons. The van der Waals surface area contributed by atoms with E-state index in [4.69, 9.17) is 10.5 Å². The van der Waals surface area contributed by atoms with Gasteiger partial charge in [-0.1, -0.05) is 18.2 Å². The van der Waals surface area contributed by atoms with Crippen LogP contribution < -0.4 is 10.5 Å². The number of nitrogens with two attached hydrogens (primary N) is 1. The quantitative estimate of drug-likeness (QED) is 0.680. The van der Waals surface area contributed by atoms with E-state index in [2.05, 4.69) is 0 Å². The van der Waals surface area contributed by atoms with Crippen LogP contribution in [0.25, 0.3) is 6.08 Å². The Bertz CT molecular complexity index is 331. The fourth-order valence-corrected chi connectivity index (χ4v) is 1.44. The van der Waals surface area contributed by atoms with Crippen LogP contribution in [0.2, 0.25) is 0 Å². The molecular formula is C10H11NO. The van der Waals surface area contributed by atoms with Crippen LogP contribution in [0.3, 0.4) is 0 Å². The monoisotopic (exact) mass is 161 g/mol. The summed E-state index contributed by atoms with van der Waals surface area (Å²) < 4.78 is 5.10. The fraction of sp³-hybridized carbons (Fsp3) is 0.200. The summed E-state index contributed by atoms with van der Waals surface area (Å²) in [4.78, 5) is 0. The number of rotatable bonds is 1. The first-order chi connectivity index (χ1) is 5.81. The molecule has 0 heterocycles. The molecule has 0 radical (unpaired) electrons. The van der Waals surface area contributed by atoms with E-state index in [1.54, 1.807) is 7.11 Å². The van der Waals surface area contributed by atoms with Gasteiger partial charge in [0.1, 0.15) is 5.75 Å². The Hall–Kier alpha value is -1.28. The summed E-state index contributed by atoms with van der Waals surface area (Å²) >= 11 is 0. The van der Waals surface area contributed by atoms with Gasteiger partial charge in [-0.25, -0.2) is 0 Å². The van der Waals surface area contributed by atoms with Gasteiger partial charge in [0.2, 0.25) is 0 Å². The molecule has 0 fully saturated rings. The van der Waals surface area contributed by atoms with Crippen LogP contribution in [0.15, 0.2) is 24.3 Å². The van der Waals surface area contributed by atoms with Gasteiger partial charge in [0, 0.05) is 6.04 Å². The smallest absolute Gasteiger partial charge is 0.119 e. The predicted octanol–water partition coefficient (Wildman–Crippen LogP) is 1.72. The highest BCUT2D eigenvalue weighted by Gasteiger charge is 2.12. The SMILES string of the molecule is COc1ccc2c(c1)C=CC2N. The minimum absolute atomic E-state index is 0.0610. The second-order valence-corrected chi connectivity index (χ2v) is 2.88. The Kier molecular flexibility index (Phi) is 1.62. The Morgan fingerprint density at radius 3 is 3.00 bits per heavy atom. The predicted molar refractivity (Wildman–Crippen MR) is 49.0 cm³/mol. The van der Waals surface area contributed by atoms with Crippen molar-refractivity contribution in [1.29, 1.82) is 0 Å². The third kappa shape index (κ3) is 1.01. The zero-order chi connectivity index (χ0) is 8.55. The summed E-state index contributed by atoms with van der Waals surface area (Å²) in [6.07, 6.45) is 4.02. The molecule has 0 aliphatic heterocycles. The molecule has 1 unspecified atom stereocenters. The van der Waals surface area contributed by atoms with Crippen molar-refractivity contribution in [3.8, 4) is 5.75 Å². The molecular weight excluding hydrogens is 150 g/mol. The van der Waals surface area contributed by atoms with Crippen molar-refractivity contribution >= 4 is 6.08 Å². The normalized spacial score (nSPS) is 19.3. The van der Waals surface area contributed by atoms with Gasteiger partial charge in [-0.2, -0.15) is 0 Å². The molecule has 2 heteroatoms. The molecule has 1 aromatic rings. The number of ether oxygens (including phenoxy) is 1. The van der Waals surface area contributed by atoms with Gasteiger partial charge < -0.3 is 10.5 Å². The van der Waals surface area contributed by atoms with E-state index in [9.17, 15) is 0 Å². The van der Waals surface area contributed by atoms with E-state index >= 15 is 0 Å². The third-order valence-electron chi connectivity index (χ3n) is 2.14. The van der Waals surface area contributed by atoms with Crippen LogP contribution in [-0.4, -0.2) is 7.11 Å². The Morgan fingerprint density at radius 1 is 1.42 bits per heavy atom. The molecule has 0 aromatic heterocycles. The van der Waals surface area contributed by atoms with Crippen LogP contribution >= 0.6 is 0 Å². The minimum Gasteiger partial charge on any atom is -0.497 e. The highest BCUT2D eigenvalue weighted by Crippen LogP contribution is 2.29. The number of fused-ring (bicyclic) bond motifs is 1. The van der Waals surface area contributed by atoms with Crippen LogP contribution in [0.5, 0.6) is 5.75 Å². The van der Waals surface area contributed by atoms with E-state index < -0.39 is 0 Å². The standard InChI is InChI=1S/C10H11NO/c1-12-8-3-4-9-7(6-8)2-5-10(9)11/h2-6,10H,11H2,1H3. The summed E-state index contributed by atoms with van der Waals surface area (Å²) in [6, 6.07) is 6.01. The molecule has 12 heavy (non-hydrogen) atoms. The summed E-state index contributed by atoms with van der Waals surface area (Å²) in [7, 11) is 1.67. The van der Waals surface area contributed by atoms with Gasteiger partial charge in [-0.05, 0) is 23.3 Å². The first-order valence-corrected chi connectivity index (χ1v) is 3.93. The van der Waals surface area contributed by atoms with Crippen molar-refractivity contribution in [2.24, 2.45) is 5.73 Å². The lowest BCUT2D eigenvalue weighted by Gasteiger charge is -2.05. The van der Waals surface area contributed by atoms with Gasteiger partial charge >= 0.3 is 0 Å². The first-order valence-electron chi connectivity index (χ1n) is 3.93. The summed E-state index contributed by atoms with van der Waals surface area (Å²) in [6.45, 7) is 0. The molecule has 2 N–H and O–H groups in total. The first kappa shape index (κ1) is 7.37. The van der Waals surface area contributed by atoms with Crippen molar-refractivity contribution < 1.29 is 4.74 Å². The van der Waals surface area contributed by atoms with Crippen molar-refractivity contribution in [2.45, 2.75) is 6.04 Å². The molecule has 0 spiro atoms. The zero-order valence-electron chi connectivity index (χ0n) is 6.95. The van der Waals surface area contributed by atoms with E-state index in [-0.39, 0.29) is 6.04 Å². The maximum absolute atomic E-state index is 5.81. The topological polar surface area (TPSA) is 35.2 Å². The minimum atomic E-state index is 0.0610. The maximum atomic E-state index is 5.81. The summed E-state index contributed by atoms with van der Waals surface area (Å²) in [5.74, 6) is 0.882. The largest absolute Gasteiger partial charge is 0.497 e. The van der Waals surface area contributed by atoms with Gasteiger partial charge in [-0.3, -0.25) is 0 Å². The number of hydrogen-bond donors (Lipinski definition) is 1. The van der Waals surface area contributed by atoms with Crippen LogP contribution in [-0.2, 0) is 0 Å². The molecule has 0 saturated heterocycles. The molecule has 1 aromatic carbocycles. The van der Waals surface area contributed by atoms with Gasteiger partial charge in [-0.15, -0.1) is 0 Å². The zero-order valence-corrected chi connectivity index (χ0v) is 6.95. The molecule has 0 bridgehead atoms. The molecule has 1 aliphatic carbocycles. The lowest BCUT2D eigenvalue weighted by Crippen LogP contribution is -2.04. The highest BCUT2D eigenvalue weighted by atomic mass is 16.5. The summed E-state index contributed by atoms with van der Waals surface area (Å²) in [5.41, 5.74) is 8.16. The van der Waals surface area contributed by atoms with Gasteiger partial charge in [0.05, 0.1) is 7.11 Å². The molecule has 1 atom stereocenters. The van der Waals surface area contributed by atoms with Crippen molar-refractivity contribution in [3.05, 3.63) is 35.4 Å². The van der Waals surface area contributed by atoms with E-state index in [0.717, 1.165) is 5.75 Å². The Morgan fingerprint density at radius 2 is 2.25 bits per heavy atom. The number of hydrogen-bond acceptors (Lipinski definition) is 2. The molecule has 2 nitrogen and oxygen atoms in total. The van der Waals surface area contributed by atoms with E-state index in [1.807, 2.05) is 30.4 Å². The molecule has 1 aliphatic rings. The molecule has 2 rings (SSSR count). The average Bonchev–Trinajstić information content (AvgIpc) is 2.47. The van der Waals surface area contributed by atoms with Crippen molar-refractivity contribution in [3.63, 3.8) is 0 Å². The maximum Gasteiger partial charge on any atom is 0.119 e. The van der Waals surface area contributed by atoms with E-state index in [1.165, 1.54) is 11.1 Å². The van der Waals surface area contributed by atoms with E-state index in [0.29, 0.717) is 0 Å². The van der Waals surface area contributed by atoms with Crippen molar-refractivity contribution in [1.82, 2.24) is 0 Å². The van der Waals surface area contributed by atoms with Crippen LogP contribution in [0.1, 0.15) is 17.2 Å². The third-order valence-corrected chi connectivity index (χ3v) is 2.14. The second-order valence-electron chi connectivity index (χ2n) is 2.88. The number of methoxy groups -OCH3 is 1. The Balaban J connectivity index is 2.47. The Labute approximate surface area is 71.6 Å². The number of benzene rings is 1. The lowest BCUT2D eigenvalue weighted by molar-refractivity contribution is 0.414. The van der Waals surface area contributed by atoms with Gasteiger partial charge in [0.15, 0.2) is 0 Å². The van der Waals surface area contributed by atoms with Crippen LogP contribution in [0.4, 0.5) is 0 Å². The lowest BCUT2D eigenvalue weighted by atomic mass is 10.1. The van der Waals surface area contributed by atoms with Crippen molar-refractivity contribution in [2.75, 3.05) is 7.11 Å². The fourth-order valence-electron chi connectivity index (χ4n) is 1.44. The van der Waals surface area contributed by atoms with Crippen LogP contribution in [0, 0.1) is 0 Å². The second kappa shape index (κ2) is 2.64. The summed E-state index contributed by atoms with van der Waals surface area (Å²) in [5, 5.41) is 0. The van der Waals surface area contributed by atoms with Gasteiger partial charge in [0.25, 0.3) is 0 Å². The average molecular weight is 161 g/mol. The molecule has 0 amide bonds. The molecule has 0 saturated carbocycles.